The van der Waals surface area contributed by atoms with Crippen LogP contribution in [0.3, 0.4) is 0 Å². The maximum absolute atomic E-state index is 12.7. The number of anilines is 2. The molecule has 7 nitrogen and oxygen atoms in total. The van der Waals surface area contributed by atoms with Gasteiger partial charge in [-0.25, -0.2) is 9.97 Å². The number of benzene rings is 2. The number of esters is 1. The van der Waals surface area contributed by atoms with Crippen molar-refractivity contribution in [2.75, 3.05) is 23.3 Å². The standard InChI is InChI=1S/C25H26N4O3/c1-18(23(30)28-22-11-6-5-10-21(22)19-8-3-2-4-9-19)32-24(31)20-12-16-29(17-13-20)25-26-14-7-15-27-25/h2-11,14-15,18,20H,12-13,16-17H2,1H3,(H,28,30). The molecular weight excluding hydrogens is 404 g/mol. The van der Waals surface area contributed by atoms with Crippen LogP contribution in [0.25, 0.3) is 11.1 Å². The fourth-order valence-electron chi connectivity index (χ4n) is 3.79. The molecule has 1 saturated heterocycles. The van der Waals surface area contributed by atoms with Crippen LogP contribution in [0.2, 0.25) is 0 Å². The zero-order valence-electron chi connectivity index (χ0n) is 18.0. The van der Waals surface area contributed by atoms with Gasteiger partial charge < -0.3 is 15.0 Å². The van der Waals surface area contributed by atoms with Crippen molar-refractivity contribution in [3.05, 3.63) is 73.1 Å². The second-order valence-corrected chi connectivity index (χ2v) is 7.79. The molecule has 3 aromatic rings. The van der Waals surface area contributed by atoms with E-state index in [1.807, 2.05) is 54.6 Å². The molecule has 1 fully saturated rings. The van der Waals surface area contributed by atoms with Gasteiger partial charge in [-0.15, -0.1) is 0 Å². The smallest absolute Gasteiger partial charge is 0.309 e. The van der Waals surface area contributed by atoms with Gasteiger partial charge in [-0.1, -0.05) is 48.5 Å². The number of hydrogen-bond acceptors (Lipinski definition) is 6. The number of nitrogens with zero attached hydrogens (tertiary/aromatic N) is 3. The minimum absolute atomic E-state index is 0.234. The molecule has 1 aromatic heterocycles. The van der Waals surface area contributed by atoms with Gasteiger partial charge in [0.2, 0.25) is 5.95 Å². The first-order valence-electron chi connectivity index (χ1n) is 10.8. The molecule has 2 heterocycles. The maximum Gasteiger partial charge on any atom is 0.309 e. The predicted octanol–water partition coefficient (Wildman–Crippen LogP) is 3.93. The molecule has 0 saturated carbocycles. The first kappa shape index (κ1) is 21.5. The Morgan fingerprint density at radius 1 is 0.969 bits per heavy atom. The van der Waals surface area contributed by atoms with E-state index < -0.39 is 6.10 Å². The zero-order chi connectivity index (χ0) is 22.3. The van der Waals surface area contributed by atoms with Crippen molar-refractivity contribution in [2.24, 2.45) is 5.92 Å². The van der Waals surface area contributed by atoms with E-state index in [9.17, 15) is 9.59 Å². The highest BCUT2D eigenvalue weighted by Crippen LogP contribution is 2.28. The Hall–Kier alpha value is -3.74. The van der Waals surface area contributed by atoms with Crippen LogP contribution in [-0.4, -0.2) is 41.0 Å². The summed E-state index contributed by atoms with van der Waals surface area (Å²) in [6.07, 6.45) is 3.81. The molecule has 0 bridgehead atoms. The van der Waals surface area contributed by atoms with Crippen molar-refractivity contribution in [1.29, 1.82) is 0 Å². The van der Waals surface area contributed by atoms with Gasteiger partial charge in [0, 0.05) is 36.7 Å². The lowest BCUT2D eigenvalue weighted by Gasteiger charge is -2.31. The third-order valence-corrected chi connectivity index (χ3v) is 5.60. The number of ether oxygens (including phenoxy) is 1. The normalized spacial score (nSPS) is 15.1. The molecule has 1 amide bonds. The summed E-state index contributed by atoms with van der Waals surface area (Å²) in [6.45, 7) is 2.95. The van der Waals surface area contributed by atoms with Crippen LogP contribution in [0.15, 0.2) is 73.1 Å². The Labute approximate surface area is 187 Å². The highest BCUT2D eigenvalue weighted by Gasteiger charge is 2.29. The number of piperidine rings is 1. The van der Waals surface area contributed by atoms with E-state index in [1.54, 1.807) is 25.4 Å². The summed E-state index contributed by atoms with van der Waals surface area (Å²) in [5, 5.41) is 2.90. The van der Waals surface area contributed by atoms with Gasteiger partial charge in [-0.05, 0) is 37.5 Å². The molecule has 1 unspecified atom stereocenters. The van der Waals surface area contributed by atoms with E-state index in [0.29, 0.717) is 37.6 Å². The van der Waals surface area contributed by atoms with Gasteiger partial charge in [-0.2, -0.15) is 0 Å². The summed E-state index contributed by atoms with van der Waals surface area (Å²) >= 11 is 0. The van der Waals surface area contributed by atoms with Crippen molar-refractivity contribution >= 4 is 23.5 Å². The number of amides is 1. The Morgan fingerprint density at radius 2 is 1.62 bits per heavy atom. The van der Waals surface area contributed by atoms with E-state index in [1.165, 1.54) is 0 Å². The van der Waals surface area contributed by atoms with Crippen LogP contribution in [0.4, 0.5) is 11.6 Å². The van der Waals surface area contributed by atoms with E-state index in [2.05, 4.69) is 20.2 Å². The SMILES string of the molecule is CC(OC(=O)C1CCN(c2ncccn2)CC1)C(=O)Nc1ccccc1-c1ccccc1. The number of hydrogen-bond donors (Lipinski definition) is 1. The Bertz CT molecular complexity index is 1050. The summed E-state index contributed by atoms with van der Waals surface area (Å²) < 4.78 is 5.51. The van der Waals surface area contributed by atoms with Gasteiger partial charge in [0.05, 0.1) is 5.92 Å². The molecule has 1 aliphatic rings. The molecule has 1 aliphatic heterocycles. The lowest BCUT2D eigenvalue weighted by Crippen LogP contribution is -2.39. The van der Waals surface area contributed by atoms with E-state index in [-0.39, 0.29) is 17.8 Å². The van der Waals surface area contributed by atoms with E-state index in [0.717, 1.165) is 11.1 Å². The maximum atomic E-state index is 12.7. The second-order valence-electron chi connectivity index (χ2n) is 7.79. The Kier molecular flexibility index (Phi) is 6.75. The van der Waals surface area contributed by atoms with Gasteiger partial charge in [0.15, 0.2) is 6.10 Å². The molecule has 4 rings (SSSR count). The Balaban J connectivity index is 1.32. The second kappa shape index (κ2) is 10.0. The third kappa shape index (κ3) is 5.11. The average molecular weight is 431 g/mol. The molecule has 32 heavy (non-hydrogen) atoms. The first-order chi connectivity index (χ1) is 15.6. The van der Waals surface area contributed by atoms with Crippen LogP contribution in [-0.2, 0) is 14.3 Å². The fourth-order valence-corrected chi connectivity index (χ4v) is 3.79. The van der Waals surface area contributed by atoms with Crippen LogP contribution in [0.5, 0.6) is 0 Å². The highest BCUT2D eigenvalue weighted by atomic mass is 16.5. The van der Waals surface area contributed by atoms with E-state index >= 15 is 0 Å². The van der Waals surface area contributed by atoms with Gasteiger partial charge >= 0.3 is 5.97 Å². The molecule has 7 heteroatoms. The quantitative estimate of drug-likeness (QED) is 0.597. The lowest BCUT2D eigenvalue weighted by molar-refractivity contribution is -0.157. The topological polar surface area (TPSA) is 84.4 Å². The molecule has 2 aromatic carbocycles. The van der Waals surface area contributed by atoms with Crippen molar-refractivity contribution in [3.63, 3.8) is 0 Å². The van der Waals surface area contributed by atoms with Crippen molar-refractivity contribution in [1.82, 2.24) is 9.97 Å². The number of carbonyl (C=O) groups is 2. The van der Waals surface area contributed by atoms with Crippen molar-refractivity contribution in [2.45, 2.75) is 25.9 Å². The summed E-state index contributed by atoms with van der Waals surface area (Å²) in [4.78, 5) is 36.0. The van der Waals surface area contributed by atoms with E-state index in [4.69, 9.17) is 4.74 Å². The molecule has 164 valence electrons. The van der Waals surface area contributed by atoms with Crippen LogP contribution >= 0.6 is 0 Å². The minimum Gasteiger partial charge on any atom is -0.452 e. The van der Waals surface area contributed by atoms with Crippen LogP contribution in [0.1, 0.15) is 19.8 Å². The number of para-hydroxylation sites is 1. The van der Waals surface area contributed by atoms with Crippen molar-refractivity contribution in [3.8, 4) is 11.1 Å². The summed E-state index contributed by atoms with van der Waals surface area (Å²) in [6, 6.07) is 19.2. The summed E-state index contributed by atoms with van der Waals surface area (Å²) in [5.41, 5.74) is 2.60. The van der Waals surface area contributed by atoms with Gasteiger partial charge in [0.1, 0.15) is 0 Å². The molecule has 1 N–H and O–H groups in total. The van der Waals surface area contributed by atoms with Gasteiger partial charge in [0.25, 0.3) is 5.91 Å². The molecule has 0 radical (unpaired) electrons. The van der Waals surface area contributed by atoms with Crippen LogP contribution in [0, 0.1) is 5.92 Å². The largest absolute Gasteiger partial charge is 0.452 e. The monoisotopic (exact) mass is 430 g/mol. The summed E-state index contributed by atoms with van der Waals surface area (Å²) in [7, 11) is 0. The van der Waals surface area contributed by atoms with Gasteiger partial charge in [-0.3, -0.25) is 9.59 Å². The summed E-state index contributed by atoms with van der Waals surface area (Å²) in [5.74, 6) is -0.250. The first-order valence-corrected chi connectivity index (χ1v) is 10.8. The Morgan fingerprint density at radius 3 is 2.34 bits per heavy atom. The number of nitrogens with one attached hydrogen (secondary N) is 1. The van der Waals surface area contributed by atoms with Crippen molar-refractivity contribution < 1.29 is 14.3 Å². The van der Waals surface area contributed by atoms with Crippen LogP contribution < -0.4 is 10.2 Å². The molecular formula is C25H26N4O3. The number of aromatic nitrogens is 2. The molecule has 1 atom stereocenters. The number of carbonyl (C=O) groups excluding carboxylic acids is 2. The third-order valence-electron chi connectivity index (χ3n) is 5.60. The minimum atomic E-state index is -0.887. The fraction of sp³-hybridized carbons (Fsp3) is 0.280. The zero-order valence-corrected chi connectivity index (χ0v) is 18.0. The lowest BCUT2D eigenvalue weighted by atomic mass is 9.97. The average Bonchev–Trinajstić information content (AvgIpc) is 2.85. The molecule has 0 aliphatic carbocycles. The predicted molar refractivity (Wildman–Crippen MR) is 123 cm³/mol. The number of rotatable bonds is 6. The highest BCUT2D eigenvalue weighted by molar-refractivity contribution is 5.98. The molecule has 0 spiro atoms.